The van der Waals surface area contributed by atoms with Gasteiger partial charge in [0.05, 0.1) is 0 Å². The molecule has 0 heteroatoms. The van der Waals surface area contributed by atoms with Crippen molar-refractivity contribution < 1.29 is 0 Å². The summed E-state index contributed by atoms with van der Waals surface area (Å²) in [6.07, 6.45) is 5.23. The van der Waals surface area contributed by atoms with E-state index in [1.54, 1.807) is 0 Å². The quantitative estimate of drug-likeness (QED) is 0.630. The number of hydrogen-bond donors (Lipinski definition) is 0. The molecule has 0 fully saturated rings. The zero-order chi connectivity index (χ0) is 11.1. The van der Waals surface area contributed by atoms with Gasteiger partial charge >= 0.3 is 0 Å². The van der Waals surface area contributed by atoms with Crippen molar-refractivity contribution in [3.05, 3.63) is 35.9 Å². The van der Waals surface area contributed by atoms with Gasteiger partial charge in [0.25, 0.3) is 0 Å². The highest BCUT2D eigenvalue weighted by atomic mass is 14.2. The average molecular weight is 204 g/mol. The Morgan fingerprint density at radius 2 is 1.73 bits per heavy atom. The maximum Gasteiger partial charge on any atom is -0.0248 e. The molecule has 0 saturated carbocycles. The molecule has 0 radical (unpaired) electrons. The third-order valence-corrected chi connectivity index (χ3v) is 3.45. The molecule has 0 amide bonds. The summed E-state index contributed by atoms with van der Waals surface area (Å²) in [4.78, 5) is 0. The van der Waals surface area contributed by atoms with Gasteiger partial charge in [-0.2, -0.15) is 0 Å². The second kappa shape index (κ2) is 6.66. The lowest BCUT2D eigenvalue weighted by Crippen LogP contribution is -2.13. The summed E-state index contributed by atoms with van der Waals surface area (Å²) >= 11 is 0. The van der Waals surface area contributed by atoms with Crippen molar-refractivity contribution >= 4 is 0 Å². The van der Waals surface area contributed by atoms with Gasteiger partial charge in [-0.05, 0) is 23.8 Å². The Morgan fingerprint density at radius 1 is 1.07 bits per heavy atom. The van der Waals surface area contributed by atoms with Crippen molar-refractivity contribution in [1.29, 1.82) is 0 Å². The highest BCUT2D eigenvalue weighted by molar-refractivity contribution is 5.15. The SMILES string of the molecule is CCCC(Cc1ccccc1)C(C)CC. The van der Waals surface area contributed by atoms with Crippen LogP contribution in [0.2, 0.25) is 0 Å². The Balaban J connectivity index is 2.58. The molecule has 0 spiro atoms. The van der Waals surface area contributed by atoms with Crippen LogP contribution in [0.25, 0.3) is 0 Å². The van der Waals surface area contributed by atoms with Gasteiger partial charge in [-0.25, -0.2) is 0 Å². The van der Waals surface area contributed by atoms with Crippen LogP contribution in [0.4, 0.5) is 0 Å². The lowest BCUT2D eigenvalue weighted by atomic mass is 9.83. The molecule has 2 atom stereocenters. The molecule has 0 saturated heterocycles. The minimum absolute atomic E-state index is 0.852. The van der Waals surface area contributed by atoms with Crippen LogP contribution in [-0.4, -0.2) is 0 Å². The van der Waals surface area contributed by atoms with E-state index in [1.807, 2.05) is 0 Å². The molecule has 0 N–H and O–H groups in total. The molecule has 15 heavy (non-hydrogen) atoms. The molecular formula is C15H24. The van der Waals surface area contributed by atoms with Crippen molar-refractivity contribution in [3.8, 4) is 0 Å². The predicted octanol–water partition coefficient (Wildman–Crippen LogP) is 4.69. The van der Waals surface area contributed by atoms with Crippen molar-refractivity contribution in [2.75, 3.05) is 0 Å². The van der Waals surface area contributed by atoms with Crippen molar-refractivity contribution in [1.82, 2.24) is 0 Å². The fourth-order valence-electron chi connectivity index (χ4n) is 2.21. The Morgan fingerprint density at radius 3 is 2.27 bits per heavy atom. The first-order chi connectivity index (χ1) is 7.27. The van der Waals surface area contributed by atoms with Gasteiger partial charge < -0.3 is 0 Å². The smallest absolute Gasteiger partial charge is 0.0248 e. The van der Waals surface area contributed by atoms with Crippen LogP contribution in [0, 0.1) is 11.8 Å². The van der Waals surface area contributed by atoms with Crippen LogP contribution in [-0.2, 0) is 6.42 Å². The van der Waals surface area contributed by atoms with Crippen molar-refractivity contribution in [2.45, 2.75) is 46.5 Å². The molecule has 0 bridgehead atoms. The predicted molar refractivity (Wildman–Crippen MR) is 68.0 cm³/mol. The summed E-state index contributed by atoms with van der Waals surface area (Å²) in [6, 6.07) is 10.9. The monoisotopic (exact) mass is 204 g/mol. The first-order valence-corrected chi connectivity index (χ1v) is 6.31. The Hall–Kier alpha value is -0.780. The first kappa shape index (κ1) is 12.3. The van der Waals surface area contributed by atoms with Gasteiger partial charge in [-0.3, -0.25) is 0 Å². The minimum atomic E-state index is 0.852. The lowest BCUT2D eigenvalue weighted by molar-refractivity contribution is 0.322. The summed E-state index contributed by atoms with van der Waals surface area (Å²) in [5.41, 5.74) is 1.50. The summed E-state index contributed by atoms with van der Waals surface area (Å²) in [5, 5.41) is 0. The Kier molecular flexibility index (Phi) is 5.45. The van der Waals surface area contributed by atoms with Crippen LogP contribution >= 0.6 is 0 Å². The van der Waals surface area contributed by atoms with E-state index in [0.717, 1.165) is 11.8 Å². The van der Waals surface area contributed by atoms with Gasteiger partial charge in [-0.1, -0.05) is 70.4 Å². The van der Waals surface area contributed by atoms with Gasteiger partial charge in [0, 0.05) is 0 Å². The molecule has 0 aliphatic rings. The van der Waals surface area contributed by atoms with E-state index in [2.05, 4.69) is 51.1 Å². The third-order valence-electron chi connectivity index (χ3n) is 3.45. The molecule has 2 unspecified atom stereocenters. The molecule has 1 aromatic carbocycles. The van der Waals surface area contributed by atoms with Crippen molar-refractivity contribution in [2.24, 2.45) is 11.8 Å². The molecule has 0 aromatic heterocycles. The summed E-state index contributed by atoms with van der Waals surface area (Å²) in [5.74, 6) is 1.72. The van der Waals surface area contributed by atoms with Gasteiger partial charge in [0.2, 0.25) is 0 Å². The number of rotatable bonds is 6. The molecule has 0 heterocycles. The van der Waals surface area contributed by atoms with E-state index in [-0.39, 0.29) is 0 Å². The summed E-state index contributed by atoms with van der Waals surface area (Å²) < 4.78 is 0. The van der Waals surface area contributed by atoms with E-state index in [1.165, 1.54) is 31.2 Å². The third kappa shape index (κ3) is 4.07. The van der Waals surface area contributed by atoms with Crippen LogP contribution in [0.1, 0.15) is 45.6 Å². The molecule has 0 nitrogen and oxygen atoms in total. The summed E-state index contributed by atoms with van der Waals surface area (Å²) in [6.45, 7) is 6.99. The number of hydrogen-bond acceptors (Lipinski definition) is 0. The molecular weight excluding hydrogens is 180 g/mol. The van der Waals surface area contributed by atoms with Gasteiger partial charge in [0.1, 0.15) is 0 Å². The second-order valence-corrected chi connectivity index (χ2v) is 4.62. The van der Waals surface area contributed by atoms with E-state index >= 15 is 0 Å². The van der Waals surface area contributed by atoms with Gasteiger partial charge in [-0.15, -0.1) is 0 Å². The average Bonchev–Trinajstić information content (AvgIpc) is 2.29. The van der Waals surface area contributed by atoms with Gasteiger partial charge in [0.15, 0.2) is 0 Å². The van der Waals surface area contributed by atoms with Crippen LogP contribution < -0.4 is 0 Å². The summed E-state index contributed by atoms with van der Waals surface area (Å²) in [7, 11) is 0. The normalized spacial score (nSPS) is 14.9. The topological polar surface area (TPSA) is 0 Å². The molecule has 84 valence electrons. The highest BCUT2D eigenvalue weighted by Crippen LogP contribution is 2.24. The Bertz CT molecular complexity index is 250. The van der Waals surface area contributed by atoms with E-state index < -0.39 is 0 Å². The molecule has 0 aliphatic carbocycles. The van der Waals surface area contributed by atoms with Crippen molar-refractivity contribution in [3.63, 3.8) is 0 Å². The maximum atomic E-state index is 2.39. The Labute approximate surface area is 94.7 Å². The lowest BCUT2D eigenvalue weighted by Gasteiger charge is -2.22. The van der Waals surface area contributed by atoms with E-state index in [4.69, 9.17) is 0 Å². The maximum absolute atomic E-state index is 2.39. The van der Waals surface area contributed by atoms with E-state index in [9.17, 15) is 0 Å². The first-order valence-electron chi connectivity index (χ1n) is 6.31. The standard InChI is InChI=1S/C15H24/c1-4-9-15(13(3)5-2)12-14-10-7-6-8-11-14/h6-8,10-11,13,15H,4-5,9,12H2,1-3H3. The zero-order valence-corrected chi connectivity index (χ0v) is 10.4. The number of benzene rings is 1. The van der Waals surface area contributed by atoms with Crippen LogP contribution in [0.3, 0.4) is 0 Å². The molecule has 1 rings (SSSR count). The second-order valence-electron chi connectivity index (χ2n) is 4.62. The van der Waals surface area contributed by atoms with E-state index in [0.29, 0.717) is 0 Å². The fourth-order valence-corrected chi connectivity index (χ4v) is 2.21. The van der Waals surface area contributed by atoms with Crippen LogP contribution in [0.5, 0.6) is 0 Å². The van der Waals surface area contributed by atoms with Crippen LogP contribution in [0.15, 0.2) is 30.3 Å². The minimum Gasteiger partial charge on any atom is -0.0654 e. The largest absolute Gasteiger partial charge is 0.0654 e. The highest BCUT2D eigenvalue weighted by Gasteiger charge is 2.14. The zero-order valence-electron chi connectivity index (χ0n) is 10.4. The molecule has 0 aliphatic heterocycles. The fraction of sp³-hybridized carbons (Fsp3) is 0.600. The molecule has 1 aromatic rings.